The van der Waals surface area contributed by atoms with Crippen molar-refractivity contribution >= 4 is 15.7 Å². The fraction of sp³-hybridized carbons (Fsp3) is 0.667. The summed E-state index contributed by atoms with van der Waals surface area (Å²) in [5, 5.41) is 2.62. The number of hydrogen-bond acceptors (Lipinski definition) is 3. The van der Waals surface area contributed by atoms with Gasteiger partial charge < -0.3 is 10.5 Å². The highest BCUT2D eigenvalue weighted by atomic mass is 31.0. The molecule has 2 atom stereocenters. The Kier molecular flexibility index (Phi) is 4.20. The van der Waals surface area contributed by atoms with Gasteiger partial charge >= 0.3 is 0 Å². The first-order valence-electron chi connectivity index (χ1n) is 1.96. The lowest BCUT2D eigenvalue weighted by Crippen LogP contribution is -2.30. The SMILES string of the molecule is NCC(C=O)NP. The molecule has 0 aliphatic heterocycles. The Bertz CT molecular complexity index is 54.9. The lowest BCUT2D eigenvalue weighted by atomic mass is 10.4. The van der Waals surface area contributed by atoms with Crippen LogP contribution in [0.2, 0.25) is 0 Å². The average Bonchev–Trinajstić information content (AvgIpc) is 1.72. The van der Waals surface area contributed by atoms with Crippen LogP contribution >= 0.6 is 9.39 Å². The standard InChI is InChI=1S/C3H9N2OP/c4-1-3(2-6)5-7/h2-3,5H,1,4,7H2. The second kappa shape index (κ2) is 4.19. The topological polar surface area (TPSA) is 55.1 Å². The first-order chi connectivity index (χ1) is 3.35. The van der Waals surface area contributed by atoms with E-state index in [4.69, 9.17) is 5.73 Å². The van der Waals surface area contributed by atoms with Crippen molar-refractivity contribution in [1.29, 1.82) is 0 Å². The Balaban J connectivity index is 3.16. The third-order valence-corrected chi connectivity index (χ3v) is 1.06. The number of carbonyl (C=O) groups is 1. The second-order valence-electron chi connectivity index (χ2n) is 1.14. The smallest absolute Gasteiger partial charge is 0.138 e. The summed E-state index contributed by atoms with van der Waals surface area (Å²) in [5.74, 6) is 0. The van der Waals surface area contributed by atoms with E-state index in [-0.39, 0.29) is 6.04 Å². The van der Waals surface area contributed by atoms with E-state index < -0.39 is 0 Å². The summed E-state index contributed by atoms with van der Waals surface area (Å²) in [6.07, 6.45) is 0.771. The minimum atomic E-state index is -0.204. The van der Waals surface area contributed by atoms with Crippen LogP contribution in [0.1, 0.15) is 0 Å². The molecular weight excluding hydrogens is 111 g/mol. The van der Waals surface area contributed by atoms with E-state index in [9.17, 15) is 4.79 Å². The number of carbonyl (C=O) groups excluding carboxylic acids is 1. The summed E-state index contributed by atoms with van der Waals surface area (Å²) < 4.78 is 0. The molecule has 42 valence electrons. The highest BCUT2D eigenvalue weighted by Gasteiger charge is 1.95. The Morgan fingerprint density at radius 2 is 2.57 bits per heavy atom. The lowest BCUT2D eigenvalue weighted by Gasteiger charge is -2.00. The van der Waals surface area contributed by atoms with E-state index in [1.165, 1.54) is 0 Å². The summed E-state index contributed by atoms with van der Waals surface area (Å²) in [6.45, 7) is 0.354. The zero-order valence-electron chi connectivity index (χ0n) is 3.92. The Hall–Kier alpha value is 0.0200. The molecule has 0 aromatic heterocycles. The van der Waals surface area contributed by atoms with E-state index in [0.29, 0.717) is 6.54 Å². The van der Waals surface area contributed by atoms with Gasteiger partial charge in [-0.2, -0.15) is 0 Å². The first kappa shape index (κ1) is 7.02. The molecule has 0 saturated carbocycles. The molecule has 0 heterocycles. The molecule has 0 aromatic rings. The van der Waals surface area contributed by atoms with Gasteiger partial charge in [-0.05, 0) is 0 Å². The molecule has 0 radical (unpaired) electrons. The molecule has 2 unspecified atom stereocenters. The summed E-state index contributed by atoms with van der Waals surface area (Å²) in [4.78, 5) is 9.81. The molecule has 7 heavy (non-hydrogen) atoms. The van der Waals surface area contributed by atoms with Gasteiger partial charge in [-0.25, -0.2) is 0 Å². The molecular formula is C3H9N2OP. The summed E-state index contributed by atoms with van der Waals surface area (Å²) >= 11 is 0. The third kappa shape index (κ3) is 2.68. The number of rotatable bonds is 3. The molecule has 0 aliphatic rings. The average molecular weight is 120 g/mol. The van der Waals surface area contributed by atoms with Crippen LogP contribution in [-0.4, -0.2) is 18.9 Å². The van der Waals surface area contributed by atoms with Crippen molar-refractivity contribution in [2.45, 2.75) is 6.04 Å². The molecule has 4 heteroatoms. The summed E-state index contributed by atoms with van der Waals surface area (Å²) in [7, 11) is 2.22. The summed E-state index contributed by atoms with van der Waals surface area (Å²) in [5.41, 5.74) is 5.09. The normalized spacial score (nSPS) is 13.4. The van der Waals surface area contributed by atoms with Crippen LogP contribution in [0.4, 0.5) is 0 Å². The van der Waals surface area contributed by atoms with Gasteiger partial charge in [0, 0.05) is 6.54 Å². The molecule has 0 amide bonds. The molecule has 0 fully saturated rings. The van der Waals surface area contributed by atoms with Gasteiger partial charge in [0.1, 0.15) is 6.29 Å². The Morgan fingerprint density at radius 3 is 2.57 bits per heavy atom. The van der Waals surface area contributed by atoms with Gasteiger partial charge in [-0.1, -0.05) is 9.39 Å². The van der Waals surface area contributed by atoms with Crippen LogP contribution < -0.4 is 10.8 Å². The molecule has 0 spiro atoms. The van der Waals surface area contributed by atoms with Crippen LogP contribution in [0, 0.1) is 0 Å². The highest BCUT2D eigenvalue weighted by Crippen LogP contribution is 1.75. The monoisotopic (exact) mass is 120 g/mol. The largest absolute Gasteiger partial charge is 0.328 e. The Morgan fingerprint density at radius 1 is 2.00 bits per heavy atom. The fourth-order valence-corrected chi connectivity index (χ4v) is 0.378. The zero-order valence-corrected chi connectivity index (χ0v) is 5.08. The van der Waals surface area contributed by atoms with Gasteiger partial charge in [0.15, 0.2) is 0 Å². The minimum absolute atomic E-state index is 0.204. The predicted octanol–water partition coefficient (Wildman–Crippen LogP) is -1.11. The maximum Gasteiger partial charge on any atom is 0.138 e. The maximum atomic E-state index is 9.81. The van der Waals surface area contributed by atoms with Crippen molar-refractivity contribution in [3.63, 3.8) is 0 Å². The lowest BCUT2D eigenvalue weighted by molar-refractivity contribution is -0.108. The highest BCUT2D eigenvalue weighted by molar-refractivity contribution is 7.13. The van der Waals surface area contributed by atoms with Crippen LogP contribution in [0.5, 0.6) is 0 Å². The molecule has 3 nitrogen and oxygen atoms in total. The number of nitrogens with two attached hydrogens (primary N) is 1. The van der Waals surface area contributed by atoms with Gasteiger partial charge in [-0.3, -0.25) is 5.09 Å². The molecule has 0 saturated heterocycles. The van der Waals surface area contributed by atoms with Gasteiger partial charge in [0.2, 0.25) is 0 Å². The molecule has 0 aromatic carbocycles. The molecule has 0 rings (SSSR count). The van der Waals surface area contributed by atoms with Gasteiger partial charge in [0.25, 0.3) is 0 Å². The Labute approximate surface area is 44.9 Å². The van der Waals surface area contributed by atoms with Crippen molar-refractivity contribution in [3.05, 3.63) is 0 Å². The maximum absolute atomic E-state index is 9.81. The van der Waals surface area contributed by atoms with Crippen molar-refractivity contribution in [3.8, 4) is 0 Å². The van der Waals surface area contributed by atoms with E-state index >= 15 is 0 Å². The van der Waals surface area contributed by atoms with Crippen LogP contribution in [-0.2, 0) is 4.79 Å². The zero-order chi connectivity index (χ0) is 5.70. The second-order valence-corrected chi connectivity index (χ2v) is 1.48. The van der Waals surface area contributed by atoms with Crippen LogP contribution in [0.3, 0.4) is 0 Å². The van der Waals surface area contributed by atoms with Crippen molar-refractivity contribution in [1.82, 2.24) is 5.09 Å². The number of hydrogen-bond donors (Lipinski definition) is 2. The molecule has 3 N–H and O–H groups in total. The van der Waals surface area contributed by atoms with E-state index in [1.807, 2.05) is 0 Å². The molecule has 0 bridgehead atoms. The fourth-order valence-electron chi connectivity index (χ4n) is 0.163. The van der Waals surface area contributed by atoms with E-state index in [0.717, 1.165) is 6.29 Å². The number of aldehydes is 1. The van der Waals surface area contributed by atoms with Crippen LogP contribution in [0.15, 0.2) is 0 Å². The minimum Gasteiger partial charge on any atom is -0.328 e. The quantitative estimate of drug-likeness (QED) is 0.367. The summed E-state index contributed by atoms with van der Waals surface area (Å²) in [6, 6.07) is -0.204. The predicted molar refractivity (Wildman–Crippen MR) is 31.8 cm³/mol. The van der Waals surface area contributed by atoms with Crippen molar-refractivity contribution in [2.24, 2.45) is 5.73 Å². The first-order valence-corrected chi connectivity index (χ1v) is 2.54. The van der Waals surface area contributed by atoms with Crippen molar-refractivity contribution in [2.75, 3.05) is 6.54 Å². The number of nitrogens with one attached hydrogen (secondary N) is 1. The third-order valence-electron chi connectivity index (χ3n) is 0.632. The molecule has 0 aliphatic carbocycles. The van der Waals surface area contributed by atoms with Crippen LogP contribution in [0.25, 0.3) is 0 Å². The van der Waals surface area contributed by atoms with Crippen molar-refractivity contribution < 1.29 is 4.79 Å². The van der Waals surface area contributed by atoms with Gasteiger partial charge in [0.05, 0.1) is 6.04 Å². The van der Waals surface area contributed by atoms with E-state index in [1.54, 1.807) is 0 Å². The van der Waals surface area contributed by atoms with E-state index in [2.05, 4.69) is 14.5 Å². The van der Waals surface area contributed by atoms with Gasteiger partial charge in [-0.15, -0.1) is 0 Å².